The maximum atomic E-state index is 13.0. The molecule has 1 N–H and O–H groups in total. The molecule has 2 aromatic carbocycles. The molecule has 1 fully saturated rings. The number of anilines is 2. The largest absolute Gasteiger partial charge is 0.368 e. The number of hydrogen-bond acceptors (Lipinski definition) is 7. The molecule has 8 nitrogen and oxygen atoms in total. The van der Waals surface area contributed by atoms with Crippen LogP contribution in [-0.2, 0) is 16.1 Å². The van der Waals surface area contributed by atoms with Crippen LogP contribution in [0.4, 0.5) is 15.8 Å². The topological polar surface area (TPSA) is 87.7 Å². The van der Waals surface area contributed by atoms with Gasteiger partial charge in [0.15, 0.2) is 0 Å². The lowest BCUT2D eigenvalue weighted by Crippen LogP contribution is -2.49. The number of carbonyl (C=O) groups is 2. The minimum absolute atomic E-state index is 0.0535. The van der Waals surface area contributed by atoms with E-state index in [0.717, 1.165) is 30.1 Å². The number of amides is 2. The third kappa shape index (κ3) is 5.65. The Labute approximate surface area is 188 Å². The highest BCUT2D eigenvalue weighted by Gasteiger charge is 2.21. The lowest BCUT2D eigenvalue weighted by Gasteiger charge is -2.36. The zero-order chi connectivity index (χ0) is 22.3. The van der Waals surface area contributed by atoms with Crippen molar-refractivity contribution in [1.29, 1.82) is 0 Å². The molecule has 0 atom stereocenters. The monoisotopic (exact) mass is 455 g/mol. The first-order chi connectivity index (χ1) is 15.6. The fourth-order valence-electron chi connectivity index (χ4n) is 3.29. The van der Waals surface area contributed by atoms with Gasteiger partial charge in [0, 0.05) is 37.6 Å². The van der Waals surface area contributed by atoms with Gasteiger partial charge in [0.1, 0.15) is 24.0 Å². The predicted molar refractivity (Wildman–Crippen MR) is 119 cm³/mol. The maximum absolute atomic E-state index is 13.0. The number of halogens is 1. The van der Waals surface area contributed by atoms with Crippen LogP contribution in [0.15, 0.2) is 54.6 Å². The summed E-state index contributed by atoms with van der Waals surface area (Å²) in [5.74, 6) is -0.893. The van der Waals surface area contributed by atoms with E-state index in [4.69, 9.17) is 4.74 Å². The van der Waals surface area contributed by atoms with E-state index in [1.165, 1.54) is 24.3 Å². The van der Waals surface area contributed by atoms with Crippen molar-refractivity contribution in [1.82, 2.24) is 15.1 Å². The van der Waals surface area contributed by atoms with Crippen LogP contribution in [0.1, 0.15) is 14.8 Å². The first-order valence-corrected chi connectivity index (χ1v) is 10.9. The highest BCUT2D eigenvalue weighted by atomic mass is 32.1. The normalized spacial score (nSPS) is 13.8. The summed E-state index contributed by atoms with van der Waals surface area (Å²) in [7, 11) is 0. The van der Waals surface area contributed by atoms with Crippen molar-refractivity contribution < 1.29 is 18.7 Å². The third-order valence-electron chi connectivity index (χ3n) is 4.97. The molecule has 166 valence electrons. The quantitative estimate of drug-likeness (QED) is 0.590. The van der Waals surface area contributed by atoms with Gasteiger partial charge in [-0.05, 0) is 36.4 Å². The van der Waals surface area contributed by atoms with E-state index in [-0.39, 0.29) is 29.9 Å². The van der Waals surface area contributed by atoms with Crippen molar-refractivity contribution in [3.8, 4) is 0 Å². The minimum Gasteiger partial charge on any atom is -0.368 e. The highest BCUT2D eigenvalue weighted by molar-refractivity contribution is 7.13. The van der Waals surface area contributed by atoms with E-state index in [2.05, 4.69) is 32.5 Å². The molecule has 0 aliphatic carbocycles. The molecule has 1 saturated heterocycles. The number of piperazine rings is 1. The van der Waals surface area contributed by atoms with E-state index in [9.17, 15) is 14.0 Å². The summed E-state index contributed by atoms with van der Waals surface area (Å²) in [6.45, 7) is 2.88. The fraction of sp³-hybridized carbons (Fsp3) is 0.273. The number of benzene rings is 2. The molecular weight excluding hydrogens is 433 g/mol. The van der Waals surface area contributed by atoms with Gasteiger partial charge in [0.2, 0.25) is 10.9 Å². The summed E-state index contributed by atoms with van der Waals surface area (Å²) >= 11 is 1.08. The molecule has 3 aromatic rings. The summed E-state index contributed by atoms with van der Waals surface area (Å²) in [6.07, 6.45) is 0. The zero-order valence-corrected chi connectivity index (χ0v) is 18.1. The van der Waals surface area contributed by atoms with Gasteiger partial charge in [-0.1, -0.05) is 29.5 Å². The van der Waals surface area contributed by atoms with Crippen LogP contribution in [0.5, 0.6) is 0 Å². The van der Waals surface area contributed by atoms with Crippen LogP contribution < -0.4 is 10.2 Å². The first kappa shape index (κ1) is 21.8. The average molecular weight is 456 g/mol. The Hall–Kier alpha value is -3.37. The van der Waals surface area contributed by atoms with Crippen LogP contribution in [0.25, 0.3) is 0 Å². The van der Waals surface area contributed by atoms with E-state index < -0.39 is 5.91 Å². The molecule has 0 saturated carbocycles. The summed E-state index contributed by atoms with van der Waals surface area (Å²) in [6, 6.07) is 15.6. The predicted octanol–water partition coefficient (Wildman–Crippen LogP) is 2.79. The second kappa shape index (κ2) is 10.3. The number of ether oxygens (including phenoxy) is 1. The Morgan fingerprint density at radius 2 is 1.72 bits per heavy atom. The number of hydrogen-bond donors (Lipinski definition) is 1. The van der Waals surface area contributed by atoms with Gasteiger partial charge in [0.25, 0.3) is 5.91 Å². The molecule has 10 heteroatoms. The second-order valence-corrected chi connectivity index (χ2v) is 8.22. The van der Waals surface area contributed by atoms with Crippen molar-refractivity contribution in [3.05, 3.63) is 70.4 Å². The molecule has 32 heavy (non-hydrogen) atoms. The lowest BCUT2D eigenvalue weighted by molar-refractivity contribution is -0.136. The number of nitrogens with one attached hydrogen (secondary N) is 1. The van der Waals surface area contributed by atoms with E-state index >= 15 is 0 Å². The average Bonchev–Trinajstić information content (AvgIpc) is 3.30. The van der Waals surface area contributed by atoms with Crippen LogP contribution >= 0.6 is 11.3 Å². The molecule has 0 spiro atoms. The molecule has 0 radical (unpaired) electrons. The number of nitrogens with zero attached hydrogens (tertiary/aromatic N) is 4. The molecular formula is C22H22FN5O3S. The summed E-state index contributed by atoms with van der Waals surface area (Å²) in [4.78, 5) is 28.7. The van der Waals surface area contributed by atoms with Crippen molar-refractivity contribution in [2.45, 2.75) is 6.61 Å². The number of carbonyl (C=O) groups excluding carboxylic acids is 2. The molecule has 2 amide bonds. The molecule has 2 heterocycles. The van der Waals surface area contributed by atoms with E-state index in [1.807, 2.05) is 18.2 Å². The molecule has 4 rings (SSSR count). The second-order valence-electron chi connectivity index (χ2n) is 7.16. The molecule has 1 aromatic heterocycles. The van der Waals surface area contributed by atoms with Gasteiger partial charge >= 0.3 is 0 Å². The minimum atomic E-state index is -0.437. The standard InChI is InChI=1S/C22H22FN5O3S/c23-16-6-8-17(9-7-16)24-21(30)22-26-25-19(32-22)14-31-15-20(29)28-12-10-27(11-13-28)18-4-2-1-3-5-18/h1-9H,10-15H2,(H,24,30). The van der Waals surface area contributed by atoms with Crippen molar-refractivity contribution in [3.63, 3.8) is 0 Å². The van der Waals surface area contributed by atoms with E-state index in [0.29, 0.717) is 23.8 Å². The van der Waals surface area contributed by atoms with Gasteiger partial charge in [-0.15, -0.1) is 10.2 Å². The van der Waals surface area contributed by atoms with E-state index in [1.54, 1.807) is 4.90 Å². The highest BCUT2D eigenvalue weighted by Crippen LogP contribution is 2.17. The van der Waals surface area contributed by atoms with Crippen molar-refractivity contribution in [2.24, 2.45) is 0 Å². The van der Waals surface area contributed by atoms with Crippen molar-refractivity contribution in [2.75, 3.05) is 43.0 Å². The summed E-state index contributed by atoms with van der Waals surface area (Å²) in [5.41, 5.74) is 1.62. The smallest absolute Gasteiger partial charge is 0.286 e. The first-order valence-electron chi connectivity index (χ1n) is 10.1. The number of para-hydroxylation sites is 1. The third-order valence-corrected chi connectivity index (χ3v) is 5.86. The number of rotatable bonds is 7. The zero-order valence-electron chi connectivity index (χ0n) is 17.2. The van der Waals surface area contributed by atoms with Crippen molar-refractivity contribution >= 4 is 34.5 Å². The Balaban J connectivity index is 1.19. The number of aromatic nitrogens is 2. The van der Waals surface area contributed by atoms with Gasteiger partial charge in [-0.2, -0.15) is 0 Å². The molecule has 1 aliphatic heterocycles. The Bertz CT molecular complexity index is 1050. The maximum Gasteiger partial charge on any atom is 0.286 e. The van der Waals surface area contributed by atoms with Gasteiger partial charge in [0.05, 0.1) is 0 Å². The van der Waals surface area contributed by atoms with Gasteiger partial charge in [-0.3, -0.25) is 9.59 Å². The SMILES string of the molecule is O=C(Nc1ccc(F)cc1)c1nnc(COCC(=O)N2CCN(c3ccccc3)CC2)s1. The summed E-state index contributed by atoms with van der Waals surface area (Å²) in [5, 5.41) is 11.1. The van der Waals surface area contributed by atoms with Gasteiger partial charge in [-0.25, -0.2) is 4.39 Å². The molecule has 0 unspecified atom stereocenters. The van der Waals surface area contributed by atoms with Crippen LogP contribution in [0.2, 0.25) is 0 Å². The molecule has 1 aliphatic rings. The Morgan fingerprint density at radius 3 is 2.44 bits per heavy atom. The van der Waals surface area contributed by atoms with Crippen LogP contribution in [0.3, 0.4) is 0 Å². The van der Waals surface area contributed by atoms with Crippen LogP contribution in [0, 0.1) is 5.82 Å². The Kier molecular flexibility index (Phi) is 7.03. The fourth-order valence-corrected chi connectivity index (χ4v) is 3.96. The Morgan fingerprint density at radius 1 is 1.00 bits per heavy atom. The van der Waals surface area contributed by atoms with Crippen LogP contribution in [-0.4, -0.2) is 59.7 Å². The summed E-state index contributed by atoms with van der Waals surface area (Å²) < 4.78 is 18.5. The lowest BCUT2D eigenvalue weighted by atomic mass is 10.2. The molecule has 0 bridgehead atoms. The van der Waals surface area contributed by atoms with Gasteiger partial charge < -0.3 is 19.9 Å².